The highest BCUT2D eigenvalue weighted by Crippen LogP contribution is 2.41. The van der Waals surface area contributed by atoms with Gasteiger partial charge >= 0.3 is 0 Å². The molecule has 1 atom stereocenters. The van der Waals surface area contributed by atoms with Crippen molar-refractivity contribution in [2.24, 2.45) is 5.73 Å². The molecule has 1 heterocycles. The van der Waals surface area contributed by atoms with E-state index in [1.807, 2.05) is 36.4 Å². The Hall–Kier alpha value is -4.25. The Bertz CT molecular complexity index is 1720. The maximum absolute atomic E-state index is 11.3. The summed E-state index contributed by atoms with van der Waals surface area (Å²) in [5, 5.41) is 25.3. The number of nitrogens with two attached hydrogens (primary N) is 1. The van der Waals surface area contributed by atoms with Gasteiger partial charge in [0.05, 0.1) is 10.5 Å². The number of aromatic hydroxyl groups is 2. The number of fused-ring (bicyclic) bond motifs is 4. The first-order valence-corrected chi connectivity index (χ1v) is 15.2. The first-order valence-electron chi connectivity index (χ1n) is 13.0. The first kappa shape index (κ1) is 29.2. The molecule has 6 N–H and O–H groups in total. The van der Waals surface area contributed by atoms with Gasteiger partial charge in [0.1, 0.15) is 11.5 Å². The number of ketones is 1. The summed E-state index contributed by atoms with van der Waals surface area (Å²) >= 11 is 9.64. The summed E-state index contributed by atoms with van der Waals surface area (Å²) in [6, 6.07) is 29.7. The molecule has 7 rings (SSSR count). The third-order valence-corrected chi connectivity index (χ3v) is 8.35. The average Bonchev–Trinajstić information content (AvgIpc) is 3.62. The highest BCUT2D eigenvalue weighted by Gasteiger charge is 2.27. The second-order valence-electron chi connectivity index (χ2n) is 9.53. The van der Waals surface area contributed by atoms with E-state index in [9.17, 15) is 9.90 Å². The molecule has 5 aromatic rings. The van der Waals surface area contributed by atoms with E-state index in [0.717, 1.165) is 40.6 Å². The molecule has 0 radical (unpaired) electrons. The van der Waals surface area contributed by atoms with E-state index in [2.05, 4.69) is 63.0 Å². The van der Waals surface area contributed by atoms with Crippen LogP contribution in [0.15, 0.2) is 97.1 Å². The van der Waals surface area contributed by atoms with Crippen molar-refractivity contribution < 1.29 is 15.0 Å². The van der Waals surface area contributed by atoms with Crippen LogP contribution in [0.2, 0.25) is 0 Å². The lowest BCUT2D eigenvalue weighted by Crippen LogP contribution is -2.18. The fraction of sp³-hybridized carbons (Fsp3) is 0.0938. The molecule has 1 aromatic heterocycles. The standard InChI is InChI=1S/C16H12N2OS.C9H7BrO.C7H8N2OS/c19-12-7-5-11(6-8-12)17-16-18-15-13-4-2-1-3-10(13)9-14(15)20-16;10-8-5-6-3-1-2-4-7(6)9(8)11;8-7(11)9-5-1-3-6(10)4-2-5/h1-8,19H,9H2,(H,17,18);1-4,8H,5H2;1-4,10H,(H3,8,9,11). The summed E-state index contributed by atoms with van der Waals surface area (Å²) in [5.74, 6) is 0.713. The summed E-state index contributed by atoms with van der Waals surface area (Å²) in [4.78, 5) is 17.4. The Kier molecular flexibility index (Phi) is 9.16. The van der Waals surface area contributed by atoms with Crippen LogP contribution in [0, 0.1) is 0 Å². The summed E-state index contributed by atoms with van der Waals surface area (Å²) < 4.78 is 0. The second-order valence-corrected chi connectivity index (χ2v) is 12.2. The third-order valence-electron chi connectivity index (χ3n) is 6.54. The van der Waals surface area contributed by atoms with Gasteiger partial charge in [-0.05, 0) is 78.3 Å². The normalized spacial score (nSPS) is 13.8. The smallest absolute Gasteiger partial charge is 0.187 e. The van der Waals surface area contributed by atoms with Crippen molar-refractivity contribution in [3.8, 4) is 22.8 Å². The van der Waals surface area contributed by atoms with E-state index in [1.54, 1.807) is 47.7 Å². The molecule has 0 aliphatic heterocycles. The Morgan fingerprint density at radius 1 is 0.857 bits per heavy atom. The van der Waals surface area contributed by atoms with E-state index in [0.29, 0.717) is 0 Å². The van der Waals surface area contributed by atoms with Gasteiger partial charge < -0.3 is 26.6 Å². The van der Waals surface area contributed by atoms with E-state index in [1.165, 1.54) is 21.6 Å². The number of carbonyl (C=O) groups excluding carboxylic acids is 1. The summed E-state index contributed by atoms with van der Waals surface area (Å²) in [6.45, 7) is 0. The molecule has 7 nitrogen and oxygen atoms in total. The fourth-order valence-corrected chi connectivity index (χ4v) is 6.29. The number of Topliss-reactive ketones (excluding diaryl/α,β-unsaturated/α-hetero) is 1. The summed E-state index contributed by atoms with van der Waals surface area (Å²) in [6.07, 6.45) is 1.81. The molecule has 0 saturated carbocycles. The number of phenols is 2. The Labute approximate surface area is 261 Å². The zero-order chi connectivity index (χ0) is 29.6. The molecule has 2 aliphatic carbocycles. The molecule has 2 aliphatic rings. The predicted molar refractivity (Wildman–Crippen MR) is 177 cm³/mol. The Morgan fingerprint density at radius 3 is 2.05 bits per heavy atom. The lowest BCUT2D eigenvalue weighted by Gasteiger charge is -2.03. The third kappa shape index (κ3) is 7.14. The molecule has 0 fully saturated rings. The zero-order valence-electron chi connectivity index (χ0n) is 22.3. The van der Waals surface area contributed by atoms with E-state index in [4.69, 9.17) is 15.8 Å². The molecule has 0 amide bonds. The first-order chi connectivity index (χ1) is 20.3. The second kappa shape index (κ2) is 13.2. The molecule has 0 bridgehead atoms. The van der Waals surface area contributed by atoms with Crippen molar-refractivity contribution in [3.63, 3.8) is 0 Å². The monoisotopic (exact) mass is 658 g/mol. The average molecular weight is 660 g/mol. The molecular formula is C32H27BrN4O3S2. The molecule has 10 heteroatoms. The topological polar surface area (TPSA) is 120 Å². The number of phenolic OH excluding ortho intramolecular Hbond substituents is 2. The Balaban J connectivity index is 0.000000137. The predicted octanol–water partition coefficient (Wildman–Crippen LogP) is 7.40. The van der Waals surface area contributed by atoms with Crippen LogP contribution >= 0.6 is 39.5 Å². The van der Waals surface area contributed by atoms with Crippen molar-refractivity contribution in [1.82, 2.24) is 4.98 Å². The fourth-order valence-electron chi connectivity index (χ4n) is 4.56. The highest BCUT2D eigenvalue weighted by atomic mass is 79.9. The largest absolute Gasteiger partial charge is 0.508 e. The number of hydrogen-bond donors (Lipinski definition) is 5. The number of halogens is 1. The SMILES string of the molecule is NC(=S)Nc1ccc(O)cc1.O=C1c2ccccc2CC1Br.Oc1ccc(Nc2nc3c(s2)Cc2ccccc2-3)cc1. The van der Waals surface area contributed by atoms with E-state index in [-0.39, 0.29) is 27.2 Å². The van der Waals surface area contributed by atoms with Crippen molar-refractivity contribution in [2.75, 3.05) is 10.6 Å². The molecule has 212 valence electrons. The van der Waals surface area contributed by atoms with Gasteiger partial charge in [-0.1, -0.05) is 64.5 Å². The van der Waals surface area contributed by atoms with E-state index < -0.39 is 0 Å². The Morgan fingerprint density at radius 2 is 1.43 bits per heavy atom. The van der Waals surface area contributed by atoms with Gasteiger partial charge in [-0.2, -0.15) is 0 Å². The maximum Gasteiger partial charge on any atom is 0.187 e. The number of rotatable bonds is 3. The lowest BCUT2D eigenvalue weighted by molar-refractivity contribution is 0.100. The molecule has 0 spiro atoms. The number of hydrogen-bond acceptors (Lipinski definition) is 7. The lowest BCUT2D eigenvalue weighted by atomic mass is 10.1. The quantitative estimate of drug-likeness (QED) is 0.0758. The number of benzene rings is 4. The van der Waals surface area contributed by atoms with Crippen LogP contribution in [0.5, 0.6) is 11.5 Å². The van der Waals surface area contributed by atoms with Crippen LogP contribution < -0.4 is 16.4 Å². The minimum atomic E-state index is 0.0138. The number of anilines is 3. The van der Waals surface area contributed by atoms with Gasteiger partial charge in [-0.3, -0.25) is 4.79 Å². The van der Waals surface area contributed by atoms with Crippen LogP contribution in [0.4, 0.5) is 16.5 Å². The number of nitrogens with one attached hydrogen (secondary N) is 2. The van der Waals surface area contributed by atoms with Crippen LogP contribution in [0.25, 0.3) is 11.3 Å². The molecule has 4 aromatic carbocycles. The maximum atomic E-state index is 11.3. The minimum Gasteiger partial charge on any atom is -0.508 e. The van der Waals surface area contributed by atoms with Gasteiger partial charge in [0.2, 0.25) is 0 Å². The van der Waals surface area contributed by atoms with Crippen LogP contribution in [-0.4, -0.2) is 30.9 Å². The van der Waals surface area contributed by atoms with Gasteiger partial charge in [-0.25, -0.2) is 4.98 Å². The van der Waals surface area contributed by atoms with Gasteiger partial charge in [0, 0.05) is 33.8 Å². The number of alkyl halides is 1. The van der Waals surface area contributed by atoms with Gasteiger partial charge in [0.15, 0.2) is 16.0 Å². The van der Waals surface area contributed by atoms with E-state index >= 15 is 0 Å². The van der Waals surface area contributed by atoms with Crippen LogP contribution in [0.1, 0.15) is 26.4 Å². The van der Waals surface area contributed by atoms with Crippen LogP contribution in [-0.2, 0) is 12.8 Å². The molecule has 1 unspecified atom stereocenters. The van der Waals surface area contributed by atoms with Crippen LogP contribution in [0.3, 0.4) is 0 Å². The number of carbonyl (C=O) groups is 1. The molecule has 42 heavy (non-hydrogen) atoms. The minimum absolute atomic E-state index is 0.0138. The summed E-state index contributed by atoms with van der Waals surface area (Å²) in [7, 11) is 0. The number of thiazole rings is 1. The number of nitrogens with zero attached hydrogens (tertiary/aromatic N) is 1. The van der Waals surface area contributed by atoms with Gasteiger partial charge in [-0.15, -0.1) is 11.3 Å². The number of thiocarbonyl (C=S) groups is 1. The highest BCUT2D eigenvalue weighted by molar-refractivity contribution is 9.10. The van der Waals surface area contributed by atoms with Crippen molar-refractivity contribution in [2.45, 2.75) is 17.7 Å². The number of aromatic nitrogens is 1. The van der Waals surface area contributed by atoms with Gasteiger partial charge in [0.25, 0.3) is 0 Å². The van der Waals surface area contributed by atoms with Crippen molar-refractivity contribution in [1.29, 1.82) is 0 Å². The molecule has 0 saturated heterocycles. The summed E-state index contributed by atoms with van der Waals surface area (Å²) in [5.41, 5.74) is 12.7. The zero-order valence-corrected chi connectivity index (χ0v) is 25.5. The van der Waals surface area contributed by atoms with Crippen molar-refractivity contribution >= 4 is 66.9 Å². The van der Waals surface area contributed by atoms with Crippen molar-refractivity contribution in [3.05, 3.63) is 119 Å². The molecular weight excluding hydrogens is 632 g/mol.